The third-order valence-electron chi connectivity index (χ3n) is 7.69. The average Bonchev–Trinajstić information content (AvgIpc) is 3.50. The van der Waals surface area contributed by atoms with E-state index in [0.717, 1.165) is 60.5 Å². The van der Waals surface area contributed by atoms with Crippen molar-refractivity contribution in [3.05, 3.63) is 35.5 Å². The van der Waals surface area contributed by atoms with E-state index >= 15 is 0 Å². The molecule has 31 heavy (non-hydrogen) atoms. The Kier molecular flexibility index (Phi) is 4.27. The topological polar surface area (TPSA) is 96.0 Å². The first-order valence-corrected chi connectivity index (χ1v) is 12.4. The summed E-state index contributed by atoms with van der Waals surface area (Å²) in [7, 11) is -0.967. The molecule has 2 saturated carbocycles. The highest BCUT2D eigenvalue weighted by Gasteiger charge is 2.57. The molecular weight excluding hydrogens is 410 g/mol. The van der Waals surface area contributed by atoms with Crippen molar-refractivity contribution in [3.8, 4) is 0 Å². The van der Waals surface area contributed by atoms with Crippen molar-refractivity contribution < 1.29 is 9.00 Å². The summed E-state index contributed by atoms with van der Waals surface area (Å²) in [4.78, 5) is 22.0. The van der Waals surface area contributed by atoms with Crippen LogP contribution in [-0.4, -0.2) is 38.4 Å². The minimum absolute atomic E-state index is 0.0410. The number of carbonyl (C=O) groups excluding carboxylic acids is 1. The molecule has 3 fully saturated rings. The highest BCUT2D eigenvalue weighted by molar-refractivity contribution is 7.85. The Morgan fingerprint density at radius 1 is 1.16 bits per heavy atom. The van der Waals surface area contributed by atoms with E-state index in [-0.39, 0.29) is 16.6 Å². The second-order valence-electron chi connectivity index (χ2n) is 9.67. The highest BCUT2D eigenvalue weighted by Crippen LogP contribution is 2.54. The van der Waals surface area contributed by atoms with Gasteiger partial charge >= 0.3 is 0 Å². The molecule has 1 aromatic carbocycles. The maximum atomic E-state index is 13.1. The van der Waals surface area contributed by atoms with Crippen molar-refractivity contribution in [1.29, 1.82) is 0 Å². The third-order valence-corrected chi connectivity index (χ3v) is 9.34. The summed E-state index contributed by atoms with van der Waals surface area (Å²) in [5, 5.41) is 9.85. The van der Waals surface area contributed by atoms with Gasteiger partial charge in [-0.25, -0.2) is 4.98 Å². The van der Waals surface area contributed by atoms with Gasteiger partial charge in [-0.1, -0.05) is 0 Å². The fourth-order valence-electron chi connectivity index (χ4n) is 5.50. The molecule has 1 amide bonds. The maximum absolute atomic E-state index is 13.1. The van der Waals surface area contributed by atoms with Gasteiger partial charge in [-0.05, 0) is 87.7 Å². The summed E-state index contributed by atoms with van der Waals surface area (Å²) in [6.45, 7) is 4.19. The van der Waals surface area contributed by atoms with Crippen molar-refractivity contribution in [2.24, 2.45) is 5.41 Å². The van der Waals surface area contributed by atoms with E-state index in [1.807, 2.05) is 25.1 Å². The van der Waals surface area contributed by atoms with E-state index in [1.165, 1.54) is 12.8 Å². The van der Waals surface area contributed by atoms with Gasteiger partial charge in [0.05, 0.1) is 16.2 Å². The normalized spacial score (nSPS) is 23.8. The molecule has 1 aromatic heterocycles. The molecule has 8 heteroatoms. The van der Waals surface area contributed by atoms with Crippen LogP contribution in [0.15, 0.2) is 29.3 Å². The lowest BCUT2D eigenvalue weighted by Gasteiger charge is -2.49. The van der Waals surface area contributed by atoms with Gasteiger partial charge < -0.3 is 16.0 Å². The molecule has 2 aliphatic heterocycles. The number of piperidine rings is 1. The predicted molar refractivity (Wildman–Crippen MR) is 120 cm³/mol. The molecule has 1 unspecified atom stereocenters. The van der Waals surface area contributed by atoms with Gasteiger partial charge in [-0.3, -0.25) is 9.00 Å². The molecule has 0 radical (unpaired) electrons. The molecule has 162 valence electrons. The maximum Gasteiger partial charge on any atom is 0.236 e. The predicted octanol–water partition coefficient (Wildman–Crippen LogP) is 3.15. The van der Waals surface area contributed by atoms with E-state index in [0.29, 0.717) is 17.2 Å². The first-order chi connectivity index (χ1) is 15.0. The fraction of sp³-hybridized carbons (Fsp3) is 0.522. The van der Waals surface area contributed by atoms with Crippen LogP contribution in [0.2, 0.25) is 0 Å². The van der Waals surface area contributed by atoms with Gasteiger partial charge in [-0.15, -0.1) is 0 Å². The number of rotatable bonds is 4. The van der Waals surface area contributed by atoms with Crippen molar-refractivity contribution in [1.82, 2.24) is 15.3 Å². The Bertz CT molecular complexity index is 1100. The quantitative estimate of drug-likeness (QED) is 0.680. The number of nitrogens with one attached hydrogen (secondary N) is 3. The molecular formula is C23H27N5O2S. The Balaban J connectivity index is 1.15. The third kappa shape index (κ3) is 3.10. The largest absolute Gasteiger partial charge is 0.324 e. The van der Waals surface area contributed by atoms with Crippen molar-refractivity contribution in [2.75, 3.05) is 23.7 Å². The molecule has 3 N–H and O–H groups in total. The molecule has 4 aliphatic rings. The van der Waals surface area contributed by atoms with Gasteiger partial charge in [0.25, 0.3) is 0 Å². The van der Waals surface area contributed by atoms with Crippen molar-refractivity contribution in [2.45, 2.75) is 61.0 Å². The molecule has 6 rings (SSSR count). The van der Waals surface area contributed by atoms with E-state index in [1.54, 1.807) is 6.20 Å². The summed E-state index contributed by atoms with van der Waals surface area (Å²) in [6, 6.07) is 5.92. The van der Waals surface area contributed by atoms with E-state index in [9.17, 15) is 9.00 Å². The Morgan fingerprint density at radius 2 is 1.94 bits per heavy atom. The number of nitrogens with zero attached hydrogens (tertiary/aromatic N) is 2. The zero-order chi connectivity index (χ0) is 21.2. The van der Waals surface area contributed by atoms with Gasteiger partial charge in [0, 0.05) is 27.6 Å². The average molecular weight is 438 g/mol. The van der Waals surface area contributed by atoms with Crippen LogP contribution >= 0.6 is 0 Å². The van der Waals surface area contributed by atoms with Crippen LogP contribution in [0.1, 0.15) is 49.7 Å². The summed E-state index contributed by atoms with van der Waals surface area (Å²) >= 11 is 0. The highest BCUT2D eigenvalue weighted by atomic mass is 32.2. The number of fused-ring (bicyclic) bond motifs is 2. The molecule has 2 aliphatic carbocycles. The number of hydrogen-bond acceptors (Lipinski definition) is 6. The summed E-state index contributed by atoms with van der Waals surface area (Å²) in [6.07, 6.45) is 8.10. The SMILES string of the molecule is Cc1cc(S(=O)C2CC3(CCNCC3)C2)ccc1Nc1ncc2c(n1)NC(=O)C21CC1. The van der Waals surface area contributed by atoms with Crippen LogP contribution in [0.3, 0.4) is 0 Å². The zero-order valence-corrected chi connectivity index (χ0v) is 18.5. The summed E-state index contributed by atoms with van der Waals surface area (Å²) in [5.74, 6) is 1.12. The number of anilines is 3. The first kappa shape index (κ1) is 19.4. The lowest BCUT2D eigenvalue weighted by molar-refractivity contribution is -0.117. The van der Waals surface area contributed by atoms with Crippen molar-refractivity contribution >= 4 is 34.2 Å². The summed E-state index contributed by atoms with van der Waals surface area (Å²) < 4.78 is 13.1. The van der Waals surface area contributed by atoms with Crippen LogP contribution in [0, 0.1) is 12.3 Å². The lowest BCUT2D eigenvalue weighted by atomic mass is 9.63. The molecule has 1 saturated heterocycles. The second-order valence-corrected chi connectivity index (χ2v) is 11.4. The molecule has 2 spiro atoms. The van der Waals surface area contributed by atoms with Gasteiger partial charge in [0.15, 0.2) is 0 Å². The van der Waals surface area contributed by atoms with Crippen LogP contribution < -0.4 is 16.0 Å². The summed E-state index contributed by atoms with van der Waals surface area (Å²) in [5.41, 5.74) is 2.87. The Morgan fingerprint density at radius 3 is 2.65 bits per heavy atom. The number of benzene rings is 1. The number of aryl methyl sites for hydroxylation is 1. The van der Waals surface area contributed by atoms with Crippen molar-refractivity contribution in [3.63, 3.8) is 0 Å². The second kappa shape index (κ2) is 6.84. The Labute approximate surface area is 184 Å². The van der Waals surface area contributed by atoms with E-state index < -0.39 is 10.8 Å². The van der Waals surface area contributed by atoms with E-state index in [2.05, 4.69) is 25.9 Å². The van der Waals surface area contributed by atoms with Gasteiger partial charge in [-0.2, -0.15) is 4.98 Å². The number of aromatic nitrogens is 2. The van der Waals surface area contributed by atoms with Gasteiger partial charge in [0.1, 0.15) is 5.82 Å². The molecule has 0 bridgehead atoms. The van der Waals surface area contributed by atoms with Crippen LogP contribution in [0.5, 0.6) is 0 Å². The molecule has 7 nitrogen and oxygen atoms in total. The lowest BCUT2D eigenvalue weighted by Crippen LogP contribution is -2.49. The Hall–Kier alpha value is -2.32. The minimum Gasteiger partial charge on any atom is -0.324 e. The molecule has 2 aromatic rings. The molecule has 1 atom stereocenters. The monoisotopic (exact) mass is 437 g/mol. The number of amides is 1. The van der Waals surface area contributed by atoms with Crippen LogP contribution in [-0.2, 0) is 21.0 Å². The van der Waals surface area contributed by atoms with Crippen LogP contribution in [0.4, 0.5) is 17.5 Å². The molecule has 3 heterocycles. The number of carbonyl (C=O) groups is 1. The standard InChI is InChI=1S/C23H27N5O2S/c1-14-10-15(31(30)16-11-22(12-16)6-8-24-9-7-22)2-3-18(14)26-21-25-13-17-19(28-21)27-20(29)23(17)4-5-23/h2-3,10,13,16,24H,4-9,11-12H2,1H3,(H2,25,26,27,28,29). The fourth-order valence-corrected chi connectivity index (χ4v) is 7.39. The zero-order valence-electron chi connectivity index (χ0n) is 17.7. The number of hydrogen-bond donors (Lipinski definition) is 3. The first-order valence-electron chi connectivity index (χ1n) is 11.2. The van der Waals surface area contributed by atoms with Crippen LogP contribution in [0.25, 0.3) is 0 Å². The minimum atomic E-state index is -0.967. The van der Waals surface area contributed by atoms with E-state index in [4.69, 9.17) is 0 Å². The smallest absolute Gasteiger partial charge is 0.236 e. The van der Waals surface area contributed by atoms with Gasteiger partial charge in [0.2, 0.25) is 11.9 Å².